The second-order valence-corrected chi connectivity index (χ2v) is 6.70. The summed E-state index contributed by atoms with van der Waals surface area (Å²) < 4.78 is 27.9. The molecule has 0 aromatic heterocycles. The van der Waals surface area contributed by atoms with E-state index in [0.29, 0.717) is 18.5 Å². The highest BCUT2D eigenvalue weighted by Gasteiger charge is 2.48. The van der Waals surface area contributed by atoms with Crippen LogP contribution in [0.2, 0.25) is 0 Å². The highest BCUT2D eigenvalue weighted by atomic mass is 19.1. The molecule has 4 heteroatoms. The predicted molar refractivity (Wildman–Crippen MR) is 80.0 cm³/mol. The number of hydrogen-bond donors (Lipinski definition) is 1. The maximum Gasteiger partial charge on any atom is 0.130 e. The van der Waals surface area contributed by atoms with E-state index < -0.39 is 11.6 Å². The van der Waals surface area contributed by atoms with Crippen molar-refractivity contribution in [1.29, 1.82) is 0 Å². The smallest absolute Gasteiger partial charge is 0.130 e. The predicted octanol–water partition coefficient (Wildman–Crippen LogP) is 3.32. The van der Waals surface area contributed by atoms with Crippen LogP contribution in [0.4, 0.5) is 8.78 Å². The Morgan fingerprint density at radius 3 is 2.52 bits per heavy atom. The fourth-order valence-electron chi connectivity index (χ4n) is 3.50. The number of benzene rings is 1. The molecule has 1 saturated heterocycles. The van der Waals surface area contributed by atoms with Gasteiger partial charge in [-0.3, -0.25) is 4.90 Å². The van der Waals surface area contributed by atoms with Crippen LogP contribution in [0.25, 0.3) is 0 Å². The highest BCUT2D eigenvalue weighted by molar-refractivity contribution is 5.20. The summed E-state index contributed by atoms with van der Waals surface area (Å²) in [5, 5.41) is 3.60. The molecule has 116 valence electrons. The number of hydrogen-bond acceptors (Lipinski definition) is 2. The van der Waals surface area contributed by atoms with E-state index in [9.17, 15) is 8.78 Å². The van der Waals surface area contributed by atoms with E-state index in [2.05, 4.69) is 24.1 Å². The maximum atomic E-state index is 14.0. The van der Waals surface area contributed by atoms with Crippen molar-refractivity contribution in [2.45, 2.75) is 51.2 Å². The molecule has 1 heterocycles. The van der Waals surface area contributed by atoms with Crippen LogP contribution in [-0.2, 0) is 6.54 Å². The minimum absolute atomic E-state index is 0.0143. The Labute approximate surface area is 125 Å². The van der Waals surface area contributed by atoms with Gasteiger partial charge in [-0.15, -0.1) is 0 Å². The van der Waals surface area contributed by atoms with Crippen molar-refractivity contribution in [3.8, 4) is 0 Å². The first-order valence-electron chi connectivity index (χ1n) is 7.96. The molecule has 0 amide bonds. The van der Waals surface area contributed by atoms with E-state index in [-0.39, 0.29) is 11.1 Å². The molecule has 2 nitrogen and oxygen atoms in total. The summed E-state index contributed by atoms with van der Waals surface area (Å²) in [6.07, 6.45) is 3.49. The number of nitrogens with one attached hydrogen (secondary N) is 1. The zero-order valence-electron chi connectivity index (χ0n) is 12.8. The normalized spacial score (nSPS) is 30.6. The third-order valence-electron chi connectivity index (χ3n) is 5.27. The van der Waals surface area contributed by atoms with Crippen LogP contribution in [0, 0.1) is 17.6 Å². The van der Waals surface area contributed by atoms with Crippen molar-refractivity contribution in [3.63, 3.8) is 0 Å². The average Bonchev–Trinajstić information content (AvgIpc) is 3.30. The molecule has 21 heavy (non-hydrogen) atoms. The fourth-order valence-corrected chi connectivity index (χ4v) is 3.50. The number of rotatable bonds is 4. The van der Waals surface area contributed by atoms with Crippen molar-refractivity contribution in [1.82, 2.24) is 10.2 Å². The molecule has 2 aliphatic rings. The second-order valence-electron chi connectivity index (χ2n) is 6.70. The van der Waals surface area contributed by atoms with Crippen LogP contribution < -0.4 is 5.32 Å². The molecule has 1 saturated carbocycles. The summed E-state index contributed by atoms with van der Waals surface area (Å²) in [7, 11) is 0. The van der Waals surface area contributed by atoms with Crippen LogP contribution in [0.5, 0.6) is 0 Å². The van der Waals surface area contributed by atoms with Crippen LogP contribution in [-0.4, -0.2) is 29.6 Å². The first kappa shape index (κ1) is 14.9. The van der Waals surface area contributed by atoms with Gasteiger partial charge in [-0.2, -0.15) is 0 Å². The van der Waals surface area contributed by atoms with Crippen molar-refractivity contribution in [2.75, 3.05) is 13.1 Å². The van der Waals surface area contributed by atoms with Gasteiger partial charge in [0, 0.05) is 36.8 Å². The largest absolute Gasteiger partial charge is 0.311 e. The lowest BCUT2D eigenvalue weighted by atomic mass is 9.88. The van der Waals surface area contributed by atoms with Crippen LogP contribution >= 0.6 is 0 Å². The van der Waals surface area contributed by atoms with E-state index in [0.717, 1.165) is 19.5 Å². The molecular weight excluding hydrogens is 270 g/mol. The zero-order chi connectivity index (χ0) is 15.0. The molecule has 0 spiro atoms. The van der Waals surface area contributed by atoms with Gasteiger partial charge in [-0.1, -0.05) is 13.0 Å². The summed E-state index contributed by atoms with van der Waals surface area (Å²) in [4.78, 5) is 2.30. The van der Waals surface area contributed by atoms with Crippen LogP contribution in [0.3, 0.4) is 0 Å². The Morgan fingerprint density at radius 1 is 1.29 bits per heavy atom. The van der Waals surface area contributed by atoms with Crippen molar-refractivity contribution in [2.24, 2.45) is 5.92 Å². The quantitative estimate of drug-likeness (QED) is 0.916. The van der Waals surface area contributed by atoms with E-state index in [1.807, 2.05) is 0 Å². The van der Waals surface area contributed by atoms with Gasteiger partial charge in [0.15, 0.2) is 0 Å². The highest BCUT2D eigenvalue weighted by Crippen LogP contribution is 2.44. The average molecular weight is 294 g/mol. The van der Waals surface area contributed by atoms with E-state index in [1.54, 1.807) is 0 Å². The van der Waals surface area contributed by atoms with Gasteiger partial charge < -0.3 is 5.32 Å². The van der Waals surface area contributed by atoms with E-state index in [1.165, 1.54) is 31.0 Å². The summed E-state index contributed by atoms with van der Waals surface area (Å²) in [5.74, 6) is -0.211. The molecule has 1 aromatic carbocycles. The third-order valence-corrected chi connectivity index (χ3v) is 5.27. The van der Waals surface area contributed by atoms with Gasteiger partial charge in [-0.05, 0) is 44.2 Å². The van der Waals surface area contributed by atoms with Crippen molar-refractivity contribution in [3.05, 3.63) is 35.4 Å². The summed E-state index contributed by atoms with van der Waals surface area (Å²) in [6, 6.07) is 4.55. The Hall–Kier alpha value is -1.00. The standard InChI is InChI=1S/C17H24F2N2/c1-3-13-9-21(17(2,11-20-13)12-7-8-12)10-14-15(18)5-4-6-16(14)19/h4-6,12-13,20H,3,7-11H2,1-2H3. The summed E-state index contributed by atoms with van der Waals surface area (Å²) >= 11 is 0. The lowest BCUT2D eigenvalue weighted by Crippen LogP contribution is -2.63. The van der Waals surface area contributed by atoms with Gasteiger partial charge in [0.1, 0.15) is 11.6 Å². The third kappa shape index (κ3) is 2.84. The monoisotopic (exact) mass is 294 g/mol. The van der Waals surface area contributed by atoms with Gasteiger partial charge in [0.2, 0.25) is 0 Å². The number of halogens is 2. The molecule has 3 rings (SSSR count). The zero-order valence-corrected chi connectivity index (χ0v) is 12.8. The fraction of sp³-hybridized carbons (Fsp3) is 0.647. The molecule has 2 unspecified atom stereocenters. The van der Waals surface area contributed by atoms with E-state index >= 15 is 0 Å². The topological polar surface area (TPSA) is 15.3 Å². The second kappa shape index (κ2) is 5.65. The van der Waals surface area contributed by atoms with Gasteiger partial charge in [0.05, 0.1) is 0 Å². The van der Waals surface area contributed by atoms with Gasteiger partial charge in [0.25, 0.3) is 0 Å². The minimum atomic E-state index is -0.431. The summed E-state index contributed by atoms with van der Waals surface area (Å²) in [6.45, 7) is 6.52. The minimum Gasteiger partial charge on any atom is -0.311 e. The first-order chi connectivity index (χ1) is 10.0. The summed E-state index contributed by atoms with van der Waals surface area (Å²) in [5.41, 5.74) is 0.224. The Balaban J connectivity index is 1.85. The molecule has 0 bridgehead atoms. The maximum absolute atomic E-state index is 14.0. The van der Waals surface area contributed by atoms with Crippen LogP contribution in [0.15, 0.2) is 18.2 Å². The molecular formula is C17H24F2N2. The van der Waals surface area contributed by atoms with Gasteiger partial charge >= 0.3 is 0 Å². The molecule has 2 fully saturated rings. The lowest BCUT2D eigenvalue weighted by Gasteiger charge is -2.48. The molecule has 0 radical (unpaired) electrons. The van der Waals surface area contributed by atoms with Crippen LogP contribution in [0.1, 0.15) is 38.7 Å². The van der Waals surface area contributed by atoms with Gasteiger partial charge in [-0.25, -0.2) is 8.78 Å². The molecule has 1 aromatic rings. The Morgan fingerprint density at radius 2 is 1.95 bits per heavy atom. The molecule has 1 N–H and O–H groups in total. The number of nitrogens with zero attached hydrogens (tertiary/aromatic N) is 1. The van der Waals surface area contributed by atoms with Crippen molar-refractivity contribution < 1.29 is 8.78 Å². The Bertz CT molecular complexity index is 495. The van der Waals surface area contributed by atoms with Crippen molar-refractivity contribution >= 4 is 0 Å². The lowest BCUT2D eigenvalue weighted by molar-refractivity contribution is 0.0253. The molecule has 2 atom stereocenters. The Kier molecular flexibility index (Phi) is 4.02. The first-order valence-corrected chi connectivity index (χ1v) is 7.96. The molecule has 1 aliphatic heterocycles. The number of piperazine rings is 1. The SMILES string of the molecule is CCC1CN(Cc2c(F)cccc2F)C(C)(C2CC2)CN1. The van der Waals surface area contributed by atoms with E-state index in [4.69, 9.17) is 0 Å². The molecule has 1 aliphatic carbocycles.